The number of amides is 3. The minimum absolute atomic E-state index is 0.285. The van der Waals surface area contributed by atoms with E-state index in [4.69, 9.17) is 0 Å². The van der Waals surface area contributed by atoms with E-state index in [9.17, 15) is 9.59 Å². The summed E-state index contributed by atoms with van der Waals surface area (Å²) >= 11 is 0. The molecule has 5 nitrogen and oxygen atoms in total. The Labute approximate surface area is 120 Å². The third-order valence-electron chi connectivity index (χ3n) is 3.11. The van der Waals surface area contributed by atoms with Crippen molar-refractivity contribution in [3.05, 3.63) is 35.9 Å². The maximum Gasteiger partial charge on any atom is 0.321 e. The molecule has 3 amide bonds. The van der Waals surface area contributed by atoms with Gasteiger partial charge in [0.2, 0.25) is 0 Å². The number of hydrogen-bond acceptors (Lipinski definition) is 2. The predicted molar refractivity (Wildman–Crippen MR) is 78.1 cm³/mol. The van der Waals surface area contributed by atoms with Crippen molar-refractivity contribution in [1.82, 2.24) is 10.6 Å². The molecule has 0 aliphatic heterocycles. The molecule has 0 aliphatic rings. The first kappa shape index (κ1) is 16.2. The number of nitrogens with one attached hydrogen (secondary N) is 2. The monoisotopic (exact) mass is 278 g/mol. The van der Waals surface area contributed by atoms with Gasteiger partial charge in [0.05, 0.1) is 6.54 Å². The van der Waals surface area contributed by atoms with Crippen molar-refractivity contribution >= 4 is 11.9 Å². The molecule has 20 heavy (non-hydrogen) atoms. The van der Waals surface area contributed by atoms with Crippen LogP contribution in [0, 0.1) is 0 Å². The Morgan fingerprint density at radius 2 is 1.90 bits per heavy atom. The second-order valence-corrected chi connectivity index (χ2v) is 4.69. The van der Waals surface area contributed by atoms with Gasteiger partial charge < -0.3 is 10.6 Å². The topological polar surface area (TPSA) is 74.8 Å². The molecule has 0 spiro atoms. The largest absolute Gasteiger partial charge is 0.341 e. The maximum absolute atomic E-state index is 12.2. The fourth-order valence-electron chi connectivity index (χ4n) is 1.99. The highest BCUT2D eigenvalue weighted by atomic mass is 16.2. The molecule has 0 unspecified atom stereocenters. The van der Waals surface area contributed by atoms with Gasteiger partial charge in [0.1, 0.15) is 0 Å². The number of quaternary nitrogens is 1. The van der Waals surface area contributed by atoms with Crippen LogP contribution >= 0.6 is 0 Å². The van der Waals surface area contributed by atoms with Crippen molar-refractivity contribution in [2.75, 3.05) is 13.6 Å². The molecule has 5 heteroatoms. The van der Waals surface area contributed by atoms with Gasteiger partial charge in [0.15, 0.2) is 6.04 Å². The molecule has 4 N–H and O–H groups in total. The molecule has 0 radical (unpaired) electrons. The van der Waals surface area contributed by atoms with E-state index in [1.807, 2.05) is 35.6 Å². The average Bonchev–Trinajstić information content (AvgIpc) is 2.48. The highest BCUT2D eigenvalue weighted by molar-refractivity contribution is 5.96. The minimum Gasteiger partial charge on any atom is -0.341 e. The summed E-state index contributed by atoms with van der Waals surface area (Å²) in [4.78, 5) is 23.5. The molecular formula is C15H24N3O2+. The summed E-state index contributed by atoms with van der Waals surface area (Å²) in [7, 11) is 1.49. The van der Waals surface area contributed by atoms with Crippen LogP contribution < -0.4 is 16.0 Å². The Morgan fingerprint density at radius 3 is 2.50 bits per heavy atom. The molecule has 110 valence electrons. The third kappa shape index (κ3) is 5.40. The van der Waals surface area contributed by atoms with Gasteiger partial charge in [-0.25, -0.2) is 4.79 Å². The van der Waals surface area contributed by atoms with E-state index < -0.39 is 6.03 Å². The van der Waals surface area contributed by atoms with Gasteiger partial charge in [-0.15, -0.1) is 0 Å². The number of urea groups is 1. The molecule has 1 aromatic rings. The first-order chi connectivity index (χ1) is 9.69. The number of rotatable bonds is 7. The van der Waals surface area contributed by atoms with Gasteiger partial charge in [-0.1, -0.05) is 43.7 Å². The highest BCUT2D eigenvalue weighted by Gasteiger charge is 2.24. The molecule has 0 heterocycles. The lowest BCUT2D eigenvalue weighted by Gasteiger charge is -2.15. The van der Waals surface area contributed by atoms with Crippen LogP contribution in [0.4, 0.5) is 4.79 Å². The highest BCUT2D eigenvalue weighted by Crippen LogP contribution is 2.08. The normalized spacial score (nSPS) is 11.7. The van der Waals surface area contributed by atoms with Crippen LogP contribution in [0.2, 0.25) is 0 Å². The van der Waals surface area contributed by atoms with Crippen LogP contribution in [0.15, 0.2) is 30.3 Å². The second kappa shape index (κ2) is 9.09. The fraction of sp³-hybridized carbons (Fsp3) is 0.467. The van der Waals surface area contributed by atoms with Gasteiger partial charge in [-0.3, -0.25) is 10.1 Å². The lowest BCUT2D eigenvalue weighted by Crippen LogP contribution is -2.87. The number of imide groups is 1. The number of carbonyl (C=O) groups is 2. The number of nitrogens with two attached hydrogens (primary N) is 1. The molecule has 0 bridgehead atoms. The molecule has 1 atom stereocenters. The van der Waals surface area contributed by atoms with E-state index in [0.717, 1.165) is 31.4 Å². The standard InChI is InChI=1S/C15H23N3O2/c1-3-4-8-11-17-13(12-9-6-5-7-10-12)14(19)18-15(20)16-2/h5-7,9-10,13,17H,3-4,8,11H2,1-2H3,(H2,16,18,19,20)/p+1/t13-/m0/s1. The van der Waals surface area contributed by atoms with Gasteiger partial charge in [0, 0.05) is 12.6 Å². The molecule has 0 saturated heterocycles. The van der Waals surface area contributed by atoms with E-state index in [1.165, 1.54) is 7.05 Å². The summed E-state index contributed by atoms with van der Waals surface area (Å²) in [6.45, 7) is 3.02. The number of carbonyl (C=O) groups excluding carboxylic acids is 2. The Balaban J connectivity index is 2.68. The molecule has 1 aromatic carbocycles. The third-order valence-corrected chi connectivity index (χ3v) is 3.11. The van der Waals surface area contributed by atoms with Crippen molar-refractivity contribution in [3.63, 3.8) is 0 Å². The summed E-state index contributed by atoms with van der Waals surface area (Å²) in [6.07, 6.45) is 3.36. The van der Waals surface area contributed by atoms with Crippen molar-refractivity contribution in [2.24, 2.45) is 0 Å². The molecule has 0 saturated carbocycles. The Kier molecular flexibility index (Phi) is 7.35. The van der Waals surface area contributed by atoms with E-state index in [2.05, 4.69) is 17.6 Å². The van der Waals surface area contributed by atoms with Gasteiger partial charge in [-0.05, 0) is 12.8 Å². The summed E-state index contributed by atoms with van der Waals surface area (Å²) in [5, 5.41) is 6.73. The maximum atomic E-state index is 12.2. The zero-order valence-corrected chi connectivity index (χ0v) is 12.2. The zero-order chi connectivity index (χ0) is 14.8. The van der Waals surface area contributed by atoms with Crippen molar-refractivity contribution in [2.45, 2.75) is 32.2 Å². The van der Waals surface area contributed by atoms with E-state index >= 15 is 0 Å². The van der Waals surface area contributed by atoms with E-state index in [0.29, 0.717) is 0 Å². The average molecular weight is 278 g/mol. The zero-order valence-electron chi connectivity index (χ0n) is 12.2. The first-order valence-corrected chi connectivity index (χ1v) is 7.09. The van der Waals surface area contributed by atoms with Crippen LogP contribution in [-0.4, -0.2) is 25.5 Å². The predicted octanol–water partition coefficient (Wildman–Crippen LogP) is 0.937. The quantitative estimate of drug-likeness (QED) is 0.649. The van der Waals surface area contributed by atoms with Gasteiger partial charge in [-0.2, -0.15) is 0 Å². The summed E-state index contributed by atoms with van der Waals surface area (Å²) < 4.78 is 0. The molecular weight excluding hydrogens is 254 g/mol. The van der Waals surface area contributed by atoms with Gasteiger partial charge in [0.25, 0.3) is 5.91 Å². The number of hydrogen-bond donors (Lipinski definition) is 3. The van der Waals surface area contributed by atoms with E-state index in [1.54, 1.807) is 0 Å². The smallest absolute Gasteiger partial charge is 0.321 e. The molecule has 0 aliphatic carbocycles. The van der Waals surface area contributed by atoms with Gasteiger partial charge >= 0.3 is 6.03 Å². The minimum atomic E-state index is -0.474. The summed E-state index contributed by atoms with van der Waals surface area (Å²) in [6, 6.07) is 8.66. The molecule has 1 rings (SSSR count). The fourth-order valence-corrected chi connectivity index (χ4v) is 1.99. The SMILES string of the molecule is CCCCC[NH2+][C@H](C(=O)NC(=O)NC)c1ccccc1. The Morgan fingerprint density at radius 1 is 1.20 bits per heavy atom. The summed E-state index contributed by atoms with van der Waals surface area (Å²) in [5.41, 5.74) is 0.908. The van der Waals surface area contributed by atoms with Crippen LogP contribution in [0.3, 0.4) is 0 Å². The van der Waals surface area contributed by atoms with Crippen LogP contribution in [0.5, 0.6) is 0 Å². The number of benzene rings is 1. The Bertz CT molecular complexity index is 420. The first-order valence-electron chi connectivity index (χ1n) is 7.09. The molecule has 0 aromatic heterocycles. The molecule has 0 fully saturated rings. The number of unbranched alkanes of at least 4 members (excludes halogenated alkanes) is 2. The lowest BCUT2D eigenvalue weighted by atomic mass is 10.1. The van der Waals surface area contributed by atoms with E-state index in [-0.39, 0.29) is 11.9 Å². The lowest BCUT2D eigenvalue weighted by molar-refractivity contribution is -0.683. The van der Waals surface area contributed by atoms with Crippen LogP contribution in [0.1, 0.15) is 37.8 Å². The van der Waals surface area contributed by atoms with Crippen molar-refractivity contribution in [1.29, 1.82) is 0 Å². The Hall–Kier alpha value is -1.88. The van der Waals surface area contributed by atoms with Crippen LogP contribution in [0.25, 0.3) is 0 Å². The van der Waals surface area contributed by atoms with Crippen molar-refractivity contribution in [3.8, 4) is 0 Å². The second-order valence-electron chi connectivity index (χ2n) is 4.69. The van der Waals surface area contributed by atoms with Crippen molar-refractivity contribution < 1.29 is 14.9 Å². The van der Waals surface area contributed by atoms with Crippen LogP contribution in [-0.2, 0) is 4.79 Å². The summed E-state index contributed by atoms with van der Waals surface area (Å²) in [5.74, 6) is -0.285.